The Balaban J connectivity index is 0.00000243. The minimum atomic E-state index is -0.431. The predicted molar refractivity (Wildman–Crippen MR) is 98.2 cm³/mol. The first-order chi connectivity index (χ1) is 12.1. The van der Waals surface area contributed by atoms with Crippen molar-refractivity contribution in [2.75, 3.05) is 31.6 Å². The number of aromatic nitrogens is 3. The molecule has 2 N–H and O–H groups in total. The van der Waals surface area contributed by atoms with Crippen LogP contribution in [0.1, 0.15) is 32.6 Å². The average molecular weight is 387 g/mol. The van der Waals surface area contributed by atoms with Crippen LogP contribution in [-0.2, 0) is 20.9 Å². The van der Waals surface area contributed by atoms with Gasteiger partial charge in [-0.25, -0.2) is 9.67 Å². The predicted octanol–water partition coefficient (Wildman–Crippen LogP) is 0.418. The van der Waals surface area contributed by atoms with Crippen LogP contribution in [0.4, 0.5) is 5.95 Å². The number of morpholine rings is 1. The number of amides is 2. The van der Waals surface area contributed by atoms with Crippen LogP contribution < -0.4 is 10.6 Å². The number of hydrogen-bond donors (Lipinski definition) is 2. The molecule has 10 heteroatoms. The zero-order chi connectivity index (χ0) is 17.6. The van der Waals surface area contributed by atoms with Crippen molar-refractivity contribution in [3.8, 4) is 0 Å². The Morgan fingerprint density at radius 2 is 2.04 bits per heavy atom. The Bertz CT molecular complexity index is 603. The molecule has 1 aromatic rings. The minimum absolute atomic E-state index is 0. The highest BCUT2D eigenvalue weighted by molar-refractivity contribution is 5.93. The quantitative estimate of drug-likeness (QED) is 0.777. The Kier molecular flexibility index (Phi) is 7.80. The Morgan fingerprint density at radius 3 is 2.73 bits per heavy atom. The summed E-state index contributed by atoms with van der Waals surface area (Å²) in [4.78, 5) is 30.6. The molecule has 0 aliphatic carbocycles. The lowest BCUT2D eigenvalue weighted by molar-refractivity contribution is -0.132. The fraction of sp³-hybridized carbons (Fsp3) is 0.750. The molecule has 26 heavy (non-hydrogen) atoms. The topological polar surface area (TPSA) is 101 Å². The number of likely N-dealkylation sites (tertiary alicyclic amines) is 1. The number of ether oxygens (including phenoxy) is 1. The van der Waals surface area contributed by atoms with Gasteiger partial charge in [0, 0.05) is 19.6 Å². The van der Waals surface area contributed by atoms with Crippen LogP contribution in [0.2, 0.25) is 0 Å². The van der Waals surface area contributed by atoms with E-state index in [2.05, 4.69) is 20.7 Å². The molecule has 2 aliphatic rings. The molecule has 0 aromatic carbocycles. The Labute approximate surface area is 159 Å². The molecular formula is C16H27ClN6O3. The van der Waals surface area contributed by atoms with Gasteiger partial charge in [-0.1, -0.05) is 12.8 Å². The second kappa shape index (κ2) is 9.84. The van der Waals surface area contributed by atoms with E-state index in [-0.39, 0.29) is 42.8 Å². The maximum atomic E-state index is 12.4. The first-order valence-electron chi connectivity index (χ1n) is 8.96. The molecule has 1 aromatic heterocycles. The highest BCUT2D eigenvalue weighted by atomic mass is 35.5. The van der Waals surface area contributed by atoms with Crippen molar-refractivity contribution in [3.05, 3.63) is 6.33 Å². The maximum absolute atomic E-state index is 12.4. The van der Waals surface area contributed by atoms with Gasteiger partial charge in [0.25, 0.3) is 0 Å². The largest absolute Gasteiger partial charge is 0.375 e. The molecule has 146 valence electrons. The number of rotatable bonds is 4. The lowest BCUT2D eigenvalue weighted by Gasteiger charge is -2.28. The zero-order valence-corrected chi connectivity index (χ0v) is 15.8. The molecule has 2 atom stereocenters. The number of halogens is 1. The van der Waals surface area contributed by atoms with Gasteiger partial charge in [-0.2, -0.15) is 0 Å². The monoisotopic (exact) mass is 386 g/mol. The van der Waals surface area contributed by atoms with Crippen molar-refractivity contribution in [1.82, 2.24) is 25.0 Å². The second-order valence-corrected chi connectivity index (χ2v) is 6.56. The van der Waals surface area contributed by atoms with Gasteiger partial charge >= 0.3 is 0 Å². The molecule has 2 amide bonds. The van der Waals surface area contributed by atoms with Crippen LogP contribution in [0.5, 0.6) is 0 Å². The van der Waals surface area contributed by atoms with Crippen LogP contribution in [0.3, 0.4) is 0 Å². The van der Waals surface area contributed by atoms with Gasteiger partial charge in [0.05, 0.1) is 12.7 Å². The molecule has 0 spiro atoms. The van der Waals surface area contributed by atoms with Crippen molar-refractivity contribution in [3.63, 3.8) is 0 Å². The highest BCUT2D eigenvalue weighted by Gasteiger charge is 2.29. The minimum Gasteiger partial charge on any atom is -0.375 e. The third-order valence-corrected chi connectivity index (χ3v) is 4.63. The van der Waals surface area contributed by atoms with Gasteiger partial charge in [-0.05, 0) is 19.8 Å². The number of carbonyl (C=O) groups excluding carboxylic acids is 2. The third kappa shape index (κ3) is 5.39. The summed E-state index contributed by atoms with van der Waals surface area (Å²) in [5.74, 6) is 0.0117. The number of carbonyl (C=O) groups is 2. The lowest BCUT2D eigenvalue weighted by Crippen LogP contribution is -2.53. The van der Waals surface area contributed by atoms with E-state index in [1.165, 1.54) is 23.9 Å². The standard InChI is InChI=1S/C16H26N6O3.ClH/c1-12-14(17-6-9-25-12)15(24)19-16-18-11-22(20-16)10-13(23)21-7-4-2-3-5-8-21;/h11-12,14,17H,2-10H2,1H3,(H,19,20,24);1H/t12-,14+;/m1./s1. The summed E-state index contributed by atoms with van der Waals surface area (Å²) in [6, 6.07) is -0.431. The first kappa shape index (κ1) is 20.6. The summed E-state index contributed by atoms with van der Waals surface area (Å²) in [5, 5.41) is 9.98. The van der Waals surface area contributed by atoms with E-state index in [1.54, 1.807) is 0 Å². The third-order valence-electron chi connectivity index (χ3n) is 4.63. The summed E-state index contributed by atoms with van der Waals surface area (Å²) in [6.45, 7) is 4.84. The van der Waals surface area contributed by atoms with Gasteiger partial charge in [-0.15, -0.1) is 17.5 Å². The molecule has 3 rings (SSSR count). The molecule has 0 unspecified atom stereocenters. The van der Waals surface area contributed by atoms with Gasteiger partial charge in [-0.3, -0.25) is 14.9 Å². The van der Waals surface area contributed by atoms with Crippen molar-refractivity contribution in [2.45, 2.75) is 51.3 Å². The molecule has 9 nitrogen and oxygen atoms in total. The highest BCUT2D eigenvalue weighted by Crippen LogP contribution is 2.11. The number of anilines is 1. The summed E-state index contributed by atoms with van der Waals surface area (Å²) in [5.41, 5.74) is 0. The zero-order valence-electron chi connectivity index (χ0n) is 15.0. The summed E-state index contributed by atoms with van der Waals surface area (Å²) in [7, 11) is 0. The average Bonchev–Trinajstić information content (AvgIpc) is 2.86. The van der Waals surface area contributed by atoms with E-state index in [9.17, 15) is 9.59 Å². The van der Waals surface area contributed by atoms with E-state index in [0.717, 1.165) is 25.9 Å². The molecule has 3 heterocycles. The Morgan fingerprint density at radius 1 is 1.31 bits per heavy atom. The van der Waals surface area contributed by atoms with Crippen LogP contribution in [0, 0.1) is 0 Å². The number of nitrogens with zero attached hydrogens (tertiary/aromatic N) is 4. The smallest absolute Gasteiger partial charge is 0.248 e. The molecule has 2 aliphatic heterocycles. The van der Waals surface area contributed by atoms with Gasteiger partial charge in [0.1, 0.15) is 18.9 Å². The lowest BCUT2D eigenvalue weighted by atomic mass is 10.1. The van der Waals surface area contributed by atoms with E-state index in [1.807, 2.05) is 11.8 Å². The van der Waals surface area contributed by atoms with Gasteiger partial charge in [0.2, 0.25) is 17.8 Å². The Hall–Kier alpha value is -1.71. The molecule has 0 radical (unpaired) electrons. The molecule has 0 saturated carbocycles. The first-order valence-corrected chi connectivity index (χ1v) is 8.96. The number of hydrogen-bond acceptors (Lipinski definition) is 6. The molecule has 2 saturated heterocycles. The number of nitrogens with one attached hydrogen (secondary N) is 2. The molecule has 2 fully saturated rings. The van der Waals surface area contributed by atoms with Crippen molar-refractivity contribution in [2.24, 2.45) is 0 Å². The van der Waals surface area contributed by atoms with Gasteiger partial charge in [0.15, 0.2) is 0 Å². The van der Waals surface area contributed by atoms with Crippen LogP contribution in [-0.4, -0.2) is 69.9 Å². The van der Waals surface area contributed by atoms with E-state index >= 15 is 0 Å². The van der Waals surface area contributed by atoms with Crippen LogP contribution in [0.15, 0.2) is 6.33 Å². The second-order valence-electron chi connectivity index (χ2n) is 6.56. The molecule has 0 bridgehead atoms. The van der Waals surface area contributed by atoms with E-state index in [4.69, 9.17) is 4.74 Å². The fourth-order valence-corrected chi connectivity index (χ4v) is 3.20. The fourth-order valence-electron chi connectivity index (χ4n) is 3.20. The van der Waals surface area contributed by atoms with Crippen molar-refractivity contribution >= 4 is 30.2 Å². The SMILES string of the molecule is C[C@H]1OCCN[C@@H]1C(=O)Nc1ncn(CC(=O)N2CCCCCC2)n1.Cl. The van der Waals surface area contributed by atoms with Crippen molar-refractivity contribution < 1.29 is 14.3 Å². The summed E-state index contributed by atoms with van der Waals surface area (Å²) < 4.78 is 6.93. The van der Waals surface area contributed by atoms with Gasteiger partial charge < -0.3 is 15.0 Å². The summed E-state index contributed by atoms with van der Waals surface area (Å²) in [6.07, 6.45) is 5.74. The normalized spacial score (nSPS) is 23.7. The van der Waals surface area contributed by atoms with Crippen LogP contribution >= 0.6 is 12.4 Å². The van der Waals surface area contributed by atoms with Crippen molar-refractivity contribution in [1.29, 1.82) is 0 Å². The van der Waals surface area contributed by atoms with E-state index in [0.29, 0.717) is 13.2 Å². The van der Waals surface area contributed by atoms with E-state index < -0.39 is 6.04 Å². The van der Waals surface area contributed by atoms with Crippen LogP contribution in [0.25, 0.3) is 0 Å². The maximum Gasteiger partial charge on any atom is 0.248 e. The summed E-state index contributed by atoms with van der Waals surface area (Å²) >= 11 is 0. The molecular weight excluding hydrogens is 360 g/mol.